The minimum Gasteiger partial charge on any atom is -0.395 e. The highest BCUT2D eigenvalue weighted by molar-refractivity contribution is 7.99. The van der Waals surface area contributed by atoms with E-state index in [1.165, 1.54) is 32.7 Å². The lowest BCUT2D eigenvalue weighted by Gasteiger charge is -2.28. The average molecular weight is 1490 g/mol. The zero-order chi connectivity index (χ0) is 77.6. The molecule has 6 rings (SSSR count). The van der Waals surface area contributed by atoms with E-state index >= 15 is 0 Å². The quantitative estimate of drug-likeness (QED) is 0.0228. The standard InChI is InChI=1S/C71H99N19O15S/c1-40(2)37-54-67(101)81-49(22-28-72)62(96)80-52(25-31-75)66(100)87-59(41(3)92)69(103)78-33-26-53(65(99)79-50(23-29-73)64(98)85-55(68(102)84-54)38-43-13-7-6-8-14-43)82-63(97)51(24-30-74)83-70(104)60(42(4)93)86-58(94)27-34-89(35-36-91)71(105)90-56-39-45(106-57-17-10-9-16-47(57)61(95)76-5)19-20-46(56)48(88-90)21-18-44-15-11-12-32-77-44/h6-21,32,39-42,49-55,59-60,91-93H,22-31,33-38,72-75H2,1-5H3,(H,76,95)(H,78,103)(H,79,99)(H,80,96)(H,81,101)(H,82,97)(H,83,104)(H,84,102)(H,85,98)(H,86,94)(H,87,100)/b21-18+/t41-,42-,49+,50+,51+,52+,53+,54+,55-,59+,60+/m1/s1. The lowest BCUT2D eigenvalue weighted by atomic mass is 10.00. The molecule has 22 N–H and O–H groups in total. The van der Waals surface area contributed by atoms with Gasteiger partial charge < -0.3 is 102 Å². The van der Waals surface area contributed by atoms with E-state index in [0.29, 0.717) is 43.2 Å². The predicted molar refractivity (Wildman–Crippen MR) is 394 cm³/mol. The number of nitrogens with two attached hydrogens (primary N) is 4. The van der Waals surface area contributed by atoms with E-state index in [2.05, 4.69) is 68.6 Å². The van der Waals surface area contributed by atoms with Crippen LogP contribution in [0.25, 0.3) is 23.1 Å². The fourth-order valence-electron chi connectivity index (χ4n) is 11.3. The summed E-state index contributed by atoms with van der Waals surface area (Å²) >= 11 is 1.27. The first kappa shape index (κ1) is 84.7. The van der Waals surface area contributed by atoms with Crippen molar-refractivity contribution in [3.8, 4) is 0 Å². The summed E-state index contributed by atoms with van der Waals surface area (Å²) in [6, 6.07) is 11.3. The molecule has 0 spiro atoms. The molecule has 1 aliphatic rings. The van der Waals surface area contributed by atoms with E-state index in [9.17, 15) is 72.9 Å². The molecule has 1 saturated heterocycles. The largest absolute Gasteiger partial charge is 0.395 e. The van der Waals surface area contributed by atoms with Crippen molar-refractivity contribution in [2.75, 3.05) is 59.5 Å². The van der Waals surface area contributed by atoms with Gasteiger partial charge in [-0.3, -0.25) is 57.7 Å². The van der Waals surface area contributed by atoms with E-state index < -0.39 is 158 Å². The monoisotopic (exact) mass is 1490 g/mol. The van der Waals surface area contributed by atoms with Gasteiger partial charge in [0.1, 0.15) is 54.4 Å². The number of aliphatic hydroxyl groups excluding tert-OH is 3. The molecule has 0 radical (unpaired) electrons. The Balaban J connectivity index is 1.26. The maximum atomic E-state index is 14.7. The van der Waals surface area contributed by atoms with Crippen molar-refractivity contribution in [2.45, 2.75) is 155 Å². The van der Waals surface area contributed by atoms with Crippen LogP contribution in [-0.2, 0) is 54.4 Å². The highest BCUT2D eigenvalue weighted by Crippen LogP contribution is 2.34. The molecule has 11 atom stereocenters. The van der Waals surface area contributed by atoms with Crippen molar-refractivity contribution >= 4 is 106 Å². The number of pyridine rings is 1. The van der Waals surface area contributed by atoms with E-state index in [4.69, 9.17) is 22.9 Å². The SMILES string of the molecule is CNC(=O)c1ccccc1Sc1ccc2c(/C=C/c3ccccn3)nn(C(=O)N(CCO)CCC(=O)N[C@H](C(=O)N[C@@H](CCN)C(=O)N[C@H]3CCNC(=O)[C@H]([C@@H](C)O)NC(=O)[C@H](CCN)NC(=O)[C@H](CCN)NC(=O)[C@H](CC(C)C)NC(=O)[C@@H](Cc4ccccc4)NC(=O)[C@H](CCN)NC3=O)[C@@H](C)O)c2c1. The van der Waals surface area contributed by atoms with Crippen LogP contribution in [0.3, 0.4) is 0 Å². The highest BCUT2D eigenvalue weighted by Gasteiger charge is 2.38. The Morgan fingerprint density at radius 2 is 1.26 bits per heavy atom. The van der Waals surface area contributed by atoms with Crippen LogP contribution in [-0.4, -0.2) is 232 Å². The molecule has 106 heavy (non-hydrogen) atoms. The van der Waals surface area contributed by atoms with Crippen LogP contribution >= 0.6 is 11.8 Å². The number of rotatable bonds is 29. The summed E-state index contributed by atoms with van der Waals surface area (Å²) in [4.78, 5) is 177. The number of carbonyl (C=O) groups excluding carboxylic acids is 12. The lowest BCUT2D eigenvalue weighted by molar-refractivity contribution is -0.136. The number of hydrogen-bond donors (Lipinski definition) is 18. The molecule has 35 heteroatoms. The Labute approximate surface area is 617 Å². The molecule has 12 amide bonds. The zero-order valence-corrected chi connectivity index (χ0v) is 60.7. The number of amides is 12. The molecule has 3 aromatic carbocycles. The average Bonchev–Trinajstić information content (AvgIpc) is 1.62. The third-order valence-corrected chi connectivity index (χ3v) is 18.0. The first-order chi connectivity index (χ1) is 50.7. The molecule has 34 nitrogen and oxygen atoms in total. The number of carbonyl (C=O) groups is 12. The minimum absolute atomic E-state index is 0.0240. The van der Waals surface area contributed by atoms with Crippen LogP contribution < -0.4 is 81.4 Å². The molecule has 0 bridgehead atoms. The van der Waals surface area contributed by atoms with Gasteiger partial charge in [-0.05, 0) is 145 Å². The van der Waals surface area contributed by atoms with Gasteiger partial charge in [0.05, 0.1) is 41.3 Å². The van der Waals surface area contributed by atoms with E-state index in [-0.39, 0.29) is 89.6 Å². The molecule has 5 aromatic rings. The summed E-state index contributed by atoms with van der Waals surface area (Å²) in [5, 5.41) is 65.5. The summed E-state index contributed by atoms with van der Waals surface area (Å²) in [5.74, 6) is -10.2. The number of aliphatic hydroxyl groups is 3. The number of nitrogens with one attached hydrogen (secondary N) is 11. The first-order valence-corrected chi connectivity index (χ1v) is 35.8. The van der Waals surface area contributed by atoms with E-state index in [1.54, 1.807) is 123 Å². The molecule has 3 heterocycles. The maximum absolute atomic E-state index is 14.7. The third-order valence-electron chi connectivity index (χ3n) is 16.9. The van der Waals surface area contributed by atoms with Gasteiger partial charge in [-0.25, -0.2) is 4.79 Å². The number of aromatic nitrogens is 3. The van der Waals surface area contributed by atoms with Crippen molar-refractivity contribution in [2.24, 2.45) is 28.9 Å². The van der Waals surface area contributed by atoms with Crippen molar-refractivity contribution in [3.05, 3.63) is 120 Å². The molecular weight excluding hydrogens is 1390 g/mol. The Kier molecular flexibility index (Phi) is 34.0. The van der Waals surface area contributed by atoms with Gasteiger partial charge in [0.15, 0.2) is 0 Å². The summed E-state index contributed by atoms with van der Waals surface area (Å²) in [6.07, 6.45) is -0.334. The maximum Gasteiger partial charge on any atom is 0.345 e. The van der Waals surface area contributed by atoms with Crippen LogP contribution in [0.15, 0.2) is 107 Å². The summed E-state index contributed by atoms with van der Waals surface area (Å²) in [6.45, 7) is 3.40. The van der Waals surface area contributed by atoms with Crippen LogP contribution in [0.5, 0.6) is 0 Å². The molecule has 574 valence electrons. The fourth-order valence-corrected chi connectivity index (χ4v) is 12.3. The van der Waals surface area contributed by atoms with Gasteiger partial charge in [0, 0.05) is 60.9 Å². The Morgan fingerprint density at radius 3 is 1.86 bits per heavy atom. The predicted octanol–water partition coefficient (Wildman–Crippen LogP) is -2.91. The number of nitrogens with zero attached hydrogens (tertiary/aromatic N) is 4. The molecule has 0 saturated carbocycles. The van der Waals surface area contributed by atoms with Gasteiger partial charge in [0.2, 0.25) is 59.1 Å². The number of hydrogen-bond acceptors (Lipinski definition) is 22. The first-order valence-electron chi connectivity index (χ1n) is 35.0. The van der Waals surface area contributed by atoms with Crippen LogP contribution in [0.4, 0.5) is 4.79 Å². The van der Waals surface area contributed by atoms with Crippen molar-refractivity contribution in [1.82, 2.24) is 78.1 Å². The molecule has 1 aliphatic heterocycles. The normalized spacial score (nSPS) is 20.1. The highest BCUT2D eigenvalue weighted by atomic mass is 32.2. The number of benzene rings is 3. The van der Waals surface area contributed by atoms with Crippen LogP contribution in [0, 0.1) is 5.92 Å². The zero-order valence-electron chi connectivity index (χ0n) is 59.9. The summed E-state index contributed by atoms with van der Waals surface area (Å²) in [5.41, 5.74) is 26.0. The van der Waals surface area contributed by atoms with Gasteiger partial charge >= 0.3 is 6.03 Å². The van der Waals surface area contributed by atoms with E-state index in [1.807, 2.05) is 0 Å². The van der Waals surface area contributed by atoms with Gasteiger partial charge in [-0.2, -0.15) is 9.78 Å². The van der Waals surface area contributed by atoms with Crippen molar-refractivity contribution < 1.29 is 72.9 Å². The second-order valence-corrected chi connectivity index (χ2v) is 26.7. The third kappa shape index (κ3) is 25.2. The van der Waals surface area contributed by atoms with Crippen LogP contribution in [0.2, 0.25) is 0 Å². The van der Waals surface area contributed by atoms with Gasteiger partial charge in [-0.1, -0.05) is 74.1 Å². The second kappa shape index (κ2) is 42.6. The topological polar surface area (TPSA) is 536 Å². The molecule has 1 fully saturated rings. The summed E-state index contributed by atoms with van der Waals surface area (Å²) in [7, 11) is 1.52. The molecule has 2 aromatic heterocycles. The number of fused-ring (bicyclic) bond motifs is 1. The van der Waals surface area contributed by atoms with Gasteiger partial charge in [0.25, 0.3) is 5.91 Å². The Hall–Kier alpha value is -10.3. The Bertz CT molecular complexity index is 3870. The molecular formula is C71H99N19O15S. The Morgan fingerprint density at radius 1 is 0.670 bits per heavy atom. The summed E-state index contributed by atoms with van der Waals surface area (Å²) < 4.78 is 1.11. The van der Waals surface area contributed by atoms with Crippen molar-refractivity contribution in [3.63, 3.8) is 0 Å². The van der Waals surface area contributed by atoms with Crippen molar-refractivity contribution in [1.29, 1.82) is 0 Å². The second-order valence-electron chi connectivity index (χ2n) is 25.6. The lowest BCUT2D eigenvalue weighted by Crippen LogP contribution is -2.61. The van der Waals surface area contributed by atoms with Crippen LogP contribution in [0.1, 0.15) is 99.9 Å². The molecule has 0 aliphatic carbocycles. The smallest absolute Gasteiger partial charge is 0.345 e. The van der Waals surface area contributed by atoms with Gasteiger partial charge in [-0.15, -0.1) is 0 Å². The van der Waals surface area contributed by atoms with E-state index in [0.717, 1.165) is 9.58 Å². The fraction of sp³-hybridized carbons (Fsp3) is 0.465. The minimum atomic E-state index is -1.78. The molecule has 0 unspecified atom stereocenters.